The minimum absolute atomic E-state index is 0.224. The van der Waals surface area contributed by atoms with Crippen LogP contribution in [0.5, 0.6) is 5.75 Å². The SMILES string of the molecule is COc1c(C=Cc2ccc(NS(C)(=O)=O)cc2)cc(-c2cc(C)n[nH]c2=O)cc1C(C)(C)C. The number of aryl methyl sites for hydroxylation is 1. The highest BCUT2D eigenvalue weighted by atomic mass is 32.2. The monoisotopic (exact) mass is 467 g/mol. The average Bonchev–Trinajstić information content (AvgIpc) is 2.72. The lowest BCUT2D eigenvalue weighted by Crippen LogP contribution is -2.15. The van der Waals surface area contributed by atoms with Crippen molar-refractivity contribution in [3.63, 3.8) is 0 Å². The highest BCUT2D eigenvalue weighted by Gasteiger charge is 2.23. The first-order valence-corrected chi connectivity index (χ1v) is 12.3. The van der Waals surface area contributed by atoms with Crippen LogP contribution < -0.4 is 15.0 Å². The summed E-state index contributed by atoms with van der Waals surface area (Å²) in [4.78, 5) is 12.5. The minimum Gasteiger partial charge on any atom is -0.496 e. The lowest BCUT2D eigenvalue weighted by molar-refractivity contribution is 0.397. The van der Waals surface area contributed by atoms with E-state index in [-0.39, 0.29) is 11.0 Å². The Balaban J connectivity index is 2.10. The van der Waals surface area contributed by atoms with Crippen molar-refractivity contribution < 1.29 is 13.2 Å². The summed E-state index contributed by atoms with van der Waals surface area (Å²) in [6, 6.07) is 12.7. The molecule has 8 heteroatoms. The van der Waals surface area contributed by atoms with Crippen molar-refractivity contribution in [2.24, 2.45) is 0 Å². The molecule has 3 aromatic rings. The summed E-state index contributed by atoms with van der Waals surface area (Å²) in [7, 11) is -1.69. The van der Waals surface area contributed by atoms with E-state index in [4.69, 9.17) is 4.74 Å². The number of nitrogens with one attached hydrogen (secondary N) is 2. The molecular weight excluding hydrogens is 438 g/mol. The van der Waals surface area contributed by atoms with Gasteiger partial charge in [-0.15, -0.1) is 0 Å². The number of aromatic amines is 1. The Hall–Kier alpha value is -3.39. The summed E-state index contributed by atoms with van der Waals surface area (Å²) in [5, 5.41) is 6.53. The normalized spacial score (nSPS) is 12.2. The van der Waals surface area contributed by atoms with Crippen LogP contribution in [0.25, 0.3) is 23.3 Å². The van der Waals surface area contributed by atoms with E-state index in [0.717, 1.165) is 40.0 Å². The molecule has 33 heavy (non-hydrogen) atoms. The fourth-order valence-corrected chi connectivity index (χ4v) is 4.06. The van der Waals surface area contributed by atoms with Gasteiger partial charge in [-0.2, -0.15) is 5.10 Å². The molecule has 0 aliphatic rings. The summed E-state index contributed by atoms with van der Waals surface area (Å²) in [5.41, 5.74) is 4.75. The Bertz CT molecular complexity index is 1350. The highest BCUT2D eigenvalue weighted by Crippen LogP contribution is 2.38. The van der Waals surface area contributed by atoms with Gasteiger partial charge in [-0.1, -0.05) is 45.1 Å². The van der Waals surface area contributed by atoms with Crippen molar-refractivity contribution in [3.8, 4) is 16.9 Å². The molecule has 2 aromatic carbocycles. The van der Waals surface area contributed by atoms with E-state index < -0.39 is 10.0 Å². The van der Waals surface area contributed by atoms with Crippen molar-refractivity contribution in [2.75, 3.05) is 18.1 Å². The number of rotatable bonds is 6. The molecule has 7 nitrogen and oxygen atoms in total. The van der Waals surface area contributed by atoms with E-state index in [1.54, 1.807) is 25.3 Å². The van der Waals surface area contributed by atoms with Crippen LogP contribution in [0.15, 0.2) is 47.3 Å². The first-order valence-electron chi connectivity index (χ1n) is 10.4. The molecule has 3 rings (SSSR count). The van der Waals surface area contributed by atoms with Crippen LogP contribution in [0.4, 0.5) is 5.69 Å². The van der Waals surface area contributed by atoms with Crippen LogP contribution in [-0.2, 0) is 15.4 Å². The molecule has 0 saturated carbocycles. The average molecular weight is 468 g/mol. The van der Waals surface area contributed by atoms with Gasteiger partial charge in [0.2, 0.25) is 10.0 Å². The van der Waals surface area contributed by atoms with Crippen molar-refractivity contribution in [1.29, 1.82) is 0 Å². The number of hydrogen-bond acceptors (Lipinski definition) is 5. The number of sulfonamides is 1. The predicted octanol–water partition coefficient (Wildman–Crippen LogP) is 4.59. The highest BCUT2D eigenvalue weighted by molar-refractivity contribution is 7.92. The molecule has 0 amide bonds. The zero-order valence-electron chi connectivity index (χ0n) is 19.7. The Morgan fingerprint density at radius 3 is 2.30 bits per heavy atom. The topological polar surface area (TPSA) is 101 Å². The van der Waals surface area contributed by atoms with E-state index in [0.29, 0.717) is 11.3 Å². The van der Waals surface area contributed by atoms with E-state index in [1.165, 1.54) is 0 Å². The first-order chi connectivity index (χ1) is 15.4. The van der Waals surface area contributed by atoms with Gasteiger partial charge >= 0.3 is 0 Å². The van der Waals surface area contributed by atoms with Gasteiger partial charge < -0.3 is 4.74 Å². The largest absolute Gasteiger partial charge is 0.496 e. The molecule has 174 valence electrons. The number of H-pyrrole nitrogens is 1. The third-order valence-electron chi connectivity index (χ3n) is 5.04. The van der Waals surface area contributed by atoms with E-state index in [1.807, 2.05) is 43.3 Å². The summed E-state index contributed by atoms with van der Waals surface area (Å²) in [6.07, 6.45) is 4.96. The van der Waals surface area contributed by atoms with Crippen LogP contribution in [0.3, 0.4) is 0 Å². The Morgan fingerprint density at radius 2 is 1.73 bits per heavy atom. The quantitative estimate of drug-likeness (QED) is 0.516. The van der Waals surface area contributed by atoms with Gasteiger partial charge in [0.25, 0.3) is 5.56 Å². The molecule has 0 radical (unpaired) electrons. The van der Waals surface area contributed by atoms with Gasteiger partial charge in [0.05, 0.1) is 24.6 Å². The van der Waals surface area contributed by atoms with E-state index in [2.05, 4.69) is 35.7 Å². The second kappa shape index (κ2) is 9.23. The van der Waals surface area contributed by atoms with Crippen LogP contribution in [0.1, 0.15) is 43.2 Å². The molecule has 0 unspecified atom stereocenters. The number of nitrogens with zero attached hydrogens (tertiary/aromatic N) is 1. The number of methoxy groups -OCH3 is 1. The summed E-state index contributed by atoms with van der Waals surface area (Å²) >= 11 is 0. The zero-order chi connectivity index (χ0) is 24.4. The summed E-state index contributed by atoms with van der Waals surface area (Å²) < 4.78 is 31.0. The fourth-order valence-electron chi connectivity index (χ4n) is 3.50. The van der Waals surface area contributed by atoms with Gasteiger partial charge in [0, 0.05) is 16.8 Å². The second-order valence-electron chi connectivity index (χ2n) is 8.98. The molecule has 0 atom stereocenters. The fraction of sp³-hybridized carbons (Fsp3) is 0.280. The van der Waals surface area contributed by atoms with Crippen molar-refractivity contribution in [1.82, 2.24) is 10.2 Å². The summed E-state index contributed by atoms with van der Waals surface area (Å²) in [6.45, 7) is 8.11. The third-order valence-corrected chi connectivity index (χ3v) is 5.65. The number of anilines is 1. The minimum atomic E-state index is -3.33. The number of benzene rings is 2. The maximum absolute atomic E-state index is 12.5. The molecule has 1 aromatic heterocycles. The number of ether oxygens (including phenoxy) is 1. The molecule has 2 N–H and O–H groups in total. The molecule has 0 aliphatic carbocycles. The van der Waals surface area contributed by atoms with Crippen molar-refractivity contribution >= 4 is 27.9 Å². The van der Waals surface area contributed by atoms with E-state index >= 15 is 0 Å². The lowest BCUT2D eigenvalue weighted by atomic mass is 9.83. The van der Waals surface area contributed by atoms with Gasteiger partial charge in [0.1, 0.15) is 5.75 Å². The van der Waals surface area contributed by atoms with Gasteiger partial charge in [0.15, 0.2) is 0 Å². The summed E-state index contributed by atoms with van der Waals surface area (Å²) in [5.74, 6) is 0.736. The smallest absolute Gasteiger partial charge is 0.272 e. The van der Waals surface area contributed by atoms with Gasteiger partial charge in [-0.3, -0.25) is 9.52 Å². The molecule has 0 bridgehead atoms. The third kappa shape index (κ3) is 6.10. The van der Waals surface area contributed by atoms with E-state index in [9.17, 15) is 13.2 Å². The number of aromatic nitrogens is 2. The Labute approximate surface area is 194 Å². The maximum atomic E-state index is 12.5. The van der Waals surface area contributed by atoms with Crippen LogP contribution in [0.2, 0.25) is 0 Å². The van der Waals surface area contributed by atoms with Gasteiger partial charge in [-0.25, -0.2) is 13.5 Å². The molecule has 0 spiro atoms. The molecular formula is C25H29N3O4S. The van der Waals surface area contributed by atoms with Crippen LogP contribution >= 0.6 is 0 Å². The zero-order valence-corrected chi connectivity index (χ0v) is 20.5. The predicted molar refractivity (Wildman–Crippen MR) is 134 cm³/mol. The lowest BCUT2D eigenvalue weighted by Gasteiger charge is -2.24. The van der Waals surface area contributed by atoms with Crippen LogP contribution in [-0.4, -0.2) is 32.0 Å². The molecule has 1 heterocycles. The molecule has 0 fully saturated rings. The Morgan fingerprint density at radius 1 is 1.06 bits per heavy atom. The van der Waals surface area contributed by atoms with Crippen molar-refractivity contribution in [2.45, 2.75) is 33.1 Å². The number of hydrogen-bond donors (Lipinski definition) is 2. The molecule has 0 saturated heterocycles. The Kier molecular flexibility index (Phi) is 6.78. The molecule has 0 aliphatic heterocycles. The van der Waals surface area contributed by atoms with Crippen molar-refractivity contribution in [3.05, 3.63) is 75.2 Å². The van der Waals surface area contributed by atoms with Gasteiger partial charge in [-0.05, 0) is 53.8 Å². The second-order valence-corrected chi connectivity index (χ2v) is 10.7. The first kappa shape index (κ1) is 24.3. The maximum Gasteiger partial charge on any atom is 0.272 e. The standard InChI is InChI=1S/C25H29N3O4S/c1-16-13-21(24(29)27-26-16)19-14-18(23(32-5)22(15-19)25(2,3)4)10-7-17-8-11-20(12-9-17)28-33(6,30)31/h7-15,28H,1-6H3,(H,27,29). The van der Waals surface area contributed by atoms with Crippen LogP contribution in [0, 0.1) is 6.92 Å².